The lowest BCUT2D eigenvalue weighted by molar-refractivity contribution is 0.147. The van der Waals surface area contributed by atoms with Crippen LogP contribution in [0.5, 0.6) is 11.5 Å². The molecule has 2 aliphatic rings. The van der Waals surface area contributed by atoms with Gasteiger partial charge in [0.15, 0.2) is 11.5 Å². The number of hydrogen-bond acceptors (Lipinski definition) is 5. The molecule has 1 aromatic carbocycles. The van der Waals surface area contributed by atoms with Gasteiger partial charge in [0.2, 0.25) is 0 Å². The highest BCUT2D eigenvalue weighted by atomic mass is 16.6. The molecule has 5 nitrogen and oxygen atoms in total. The SMILES string of the molecule is CC1(C)C=Cc2c(c(OCC3CO3)cc3ccc(=O)oc23)O1. The van der Waals surface area contributed by atoms with Crippen LogP contribution in [0.15, 0.2) is 33.5 Å². The molecule has 3 heterocycles. The quantitative estimate of drug-likeness (QED) is 0.644. The van der Waals surface area contributed by atoms with Gasteiger partial charge in [-0.25, -0.2) is 4.79 Å². The lowest BCUT2D eigenvalue weighted by atomic mass is 10.00. The Labute approximate surface area is 127 Å². The van der Waals surface area contributed by atoms with Crippen LogP contribution in [0.25, 0.3) is 17.0 Å². The predicted molar refractivity (Wildman–Crippen MR) is 81.5 cm³/mol. The van der Waals surface area contributed by atoms with E-state index in [9.17, 15) is 4.79 Å². The van der Waals surface area contributed by atoms with Gasteiger partial charge in [-0.1, -0.05) is 0 Å². The molecule has 0 amide bonds. The minimum absolute atomic E-state index is 0.159. The fourth-order valence-electron chi connectivity index (χ4n) is 2.49. The number of ether oxygens (including phenoxy) is 3. The molecular weight excluding hydrogens is 284 g/mol. The summed E-state index contributed by atoms with van der Waals surface area (Å²) in [5.41, 5.74) is 0.433. The monoisotopic (exact) mass is 300 g/mol. The zero-order valence-electron chi connectivity index (χ0n) is 12.4. The first-order chi connectivity index (χ1) is 10.5. The third kappa shape index (κ3) is 2.37. The van der Waals surface area contributed by atoms with Crippen LogP contribution in [0.3, 0.4) is 0 Å². The van der Waals surface area contributed by atoms with Crippen molar-refractivity contribution in [3.8, 4) is 11.5 Å². The highest BCUT2D eigenvalue weighted by Crippen LogP contribution is 2.43. The van der Waals surface area contributed by atoms with Gasteiger partial charge in [0.25, 0.3) is 0 Å². The van der Waals surface area contributed by atoms with Gasteiger partial charge >= 0.3 is 5.63 Å². The van der Waals surface area contributed by atoms with Crippen molar-refractivity contribution in [1.29, 1.82) is 0 Å². The number of rotatable bonds is 3. The van der Waals surface area contributed by atoms with Crippen molar-refractivity contribution in [2.45, 2.75) is 25.6 Å². The maximum absolute atomic E-state index is 11.5. The molecule has 0 saturated carbocycles. The van der Waals surface area contributed by atoms with Crippen molar-refractivity contribution < 1.29 is 18.6 Å². The van der Waals surface area contributed by atoms with Crippen LogP contribution in [0.1, 0.15) is 19.4 Å². The van der Waals surface area contributed by atoms with Gasteiger partial charge in [-0.3, -0.25) is 0 Å². The number of fused-ring (bicyclic) bond motifs is 3. The van der Waals surface area contributed by atoms with Crippen LogP contribution >= 0.6 is 0 Å². The summed E-state index contributed by atoms with van der Waals surface area (Å²) < 4.78 is 22.4. The van der Waals surface area contributed by atoms with Crippen molar-refractivity contribution in [1.82, 2.24) is 0 Å². The smallest absolute Gasteiger partial charge is 0.336 e. The molecule has 0 spiro atoms. The molecule has 4 rings (SSSR count). The third-order valence-corrected chi connectivity index (χ3v) is 3.71. The van der Waals surface area contributed by atoms with Crippen molar-refractivity contribution in [2.24, 2.45) is 0 Å². The fourth-order valence-corrected chi connectivity index (χ4v) is 2.49. The van der Waals surface area contributed by atoms with E-state index in [-0.39, 0.29) is 11.7 Å². The molecular formula is C17H16O5. The van der Waals surface area contributed by atoms with E-state index in [1.54, 1.807) is 6.07 Å². The maximum atomic E-state index is 11.5. The second-order valence-corrected chi connectivity index (χ2v) is 6.10. The Hall–Kier alpha value is -2.27. The predicted octanol–water partition coefficient (Wildman–Crippen LogP) is 2.75. The highest BCUT2D eigenvalue weighted by molar-refractivity contribution is 5.91. The molecule has 114 valence electrons. The first-order valence-corrected chi connectivity index (χ1v) is 7.25. The summed E-state index contributed by atoms with van der Waals surface area (Å²) >= 11 is 0. The molecule has 1 aromatic heterocycles. The summed E-state index contributed by atoms with van der Waals surface area (Å²) in [4.78, 5) is 11.5. The summed E-state index contributed by atoms with van der Waals surface area (Å²) in [5, 5.41) is 0.804. The summed E-state index contributed by atoms with van der Waals surface area (Å²) in [5.74, 6) is 1.25. The van der Waals surface area contributed by atoms with E-state index in [2.05, 4.69) is 0 Å². The Balaban J connectivity index is 1.89. The van der Waals surface area contributed by atoms with Crippen molar-refractivity contribution in [2.75, 3.05) is 13.2 Å². The topological polar surface area (TPSA) is 61.2 Å². The molecule has 1 fully saturated rings. The second kappa shape index (κ2) is 4.61. The summed E-state index contributed by atoms with van der Waals surface area (Å²) in [6.07, 6.45) is 4.02. The lowest BCUT2D eigenvalue weighted by Crippen LogP contribution is -2.28. The molecule has 0 radical (unpaired) electrons. The van der Waals surface area contributed by atoms with Crippen LogP contribution in [0.4, 0.5) is 0 Å². The van der Waals surface area contributed by atoms with E-state index in [1.807, 2.05) is 32.1 Å². The molecule has 0 bridgehead atoms. The largest absolute Gasteiger partial charge is 0.487 e. The summed E-state index contributed by atoms with van der Waals surface area (Å²) in [6, 6.07) is 4.98. The number of epoxide rings is 1. The van der Waals surface area contributed by atoms with Crippen LogP contribution in [0.2, 0.25) is 0 Å². The average Bonchev–Trinajstić information content (AvgIpc) is 3.28. The number of benzene rings is 1. The van der Waals surface area contributed by atoms with E-state index in [4.69, 9.17) is 18.6 Å². The van der Waals surface area contributed by atoms with Crippen molar-refractivity contribution in [3.63, 3.8) is 0 Å². The first-order valence-electron chi connectivity index (χ1n) is 7.25. The summed E-state index contributed by atoms with van der Waals surface area (Å²) in [6.45, 7) is 5.15. The Morgan fingerprint density at radius 1 is 1.36 bits per heavy atom. The molecule has 0 aliphatic carbocycles. The fraction of sp³-hybridized carbons (Fsp3) is 0.353. The number of hydrogen-bond donors (Lipinski definition) is 0. The van der Waals surface area contributed by atoms with Gasteiger partial charge in [0, 0.05) is 11.5 Å². The minimum Gasteiger partial charge on any atom is -0.487 e. The van der Waals surface area contributed by atoms with Gasteiger partial charge in [-0.2, -0.15) is 0 Å². The van der Waals surface area contributed by atoms with Crippen LogP contribution < -0.4 is 15.1 Å². The lowest BCUT2D eigenvalue weighted by Gasteiger charge is -2.29. The van der Waals surface area contributed by atoms with E-state index in [0.717, 1.165) is 17.6 Å². The summed E-state index contributed by atoms with van der Waals surface area (Å²) in [7, 11) is 0. The molecule has 5 heteroatoms. The Morgan fingerprint density at radius 2 is 2.18 bits per heavy atom. The van der Waals surface area contributed by atoms with Gasteiger partial charge < -0.3 is 18.6 Å². The van der Waals surface area contributed by atoms with Crippen molar-refractivity contribution >= 4 is 17.0 Å². The highest BCUT2D eigenvalue weighted by Gasteiger charge is 2.29. The normalized spacial score (nSPS) is 21.3. The van der Waals surface area contributed by atoms with Crippen LogP contribution in [-0.2, 0) is 4.74 Å². The van der Waals surface area contributed by atoms with E-state index < -0.39 is 5.60 Å². The zero-order valence-corrected chi connectivity index (χ0v) is 12.4. The van der Waals surface area contributed by atoms with Gasteiger partial charge in [-0.05, 0) is 38.1 Å². The molecule has 2 aliphatic heterocycles. The van der Waals surface area contributed by atoms with Gasteiger partial charge in [0.1, 0.15) is 23.9 Å². The first kappa shape index (κ1) is 13.4. The minimum atomic E-state index is -0.441. The third-order valence-electron chi connectivity index (χ3n) is 3.71. The molecule has 1 unspecified atom stereocenters. The Morgan fingerprint density at radius 3 is 2.95 bits per heavy atom. The second-order valence-electron chi connectivity index (χ2n) is 6.10. The molecule has 1 saturated heterocycles. The molecule has 1 atom stereocenters. The van der Waals surface area contributed by atoms with Crippen molar-refractivity contribution in [3.05, 3.63) is 40.3 Å². The van der Waals surface area contributed by atoms with E-state index in [1.165, 1.54) is 6.07 Å². The molecule has 22 heavy (non-hydrogen) atoms. The molecule has 2 aromatic rings. The Bertz CT molecular complexity index is 827. The Kier molecular flexibility index (Phi) is 2.81. The van der Waals surface area contributed by atoms with Gasteiger partial charge in [0.05, 0.1) is 12.2 Å². The zero-order chi connectivity index (χ0) is 15.3. The van der Waals surface area contributed by atoms with Crippen LogP contribution in [-0.4, -0.2) is 24.9 Å². The van der Waals surface area contributed by atoms with E-state index >= 15 is 0 Å². The van der Waals surface area contributed by atoms with E-state index in [0.29, 0.717) is 23.7 Å². The molecule has 0 N–H and O–H groups in total. The van der Waals surface area contributed by atoms with Crippen LogP contribution in [0, 0.1) is 0 Å². The standard InChI is InChI=1S/C17H16O5/c1-17(2)6-5-12-15-10(3-4-14(18)21-15)7-13(16(12)22-17)20-9-11-8-19-11/h3-7,11H,8-9H2,1-2H3. The average molecular weight is 300 g/mol. The maximum Gasteiger partial charge on any atom is 0.336 e. The van der Waals surface area contributed by atoms with Gasteiger partial charge in [-0.15, -0.1) is 0 Å².